The van der Waals surface area contributed by atoms with Gasteiger partial charge in [0.2, 0.25) is 0 Å². The van der Waals surface area contributed by atoms with Gasteiger partial charge in [0.05, 0.1) is 0 Å². The van der Waals surface area contributed by atoms with E-state index >= 15 is 0 Å². The lowest BCUT2D eigenvalue weighted by Gasteiger charge is -2.25. The van der Waals surface area contributed by atoms with Crippen LogP contribution in [0.25, 0.3) is 0 Å². The number of likely N-dealkylation sites (tertiary alicyclic amines) is 1. The number of aromatic hydroxyl groups is 1. The molecule has 1 fully saturated rings. The predicted molar refractivity (Wildman–Crippen MR) is 74.9 cm³/mol. The summed E-state index contributed by atoms with van der Waals surface area (Å²) in [6, 6.07) is 4.96. The van der Waals surface area contributed by atoms with Gasteiger partial charge in [0.15, 0.2) is 0 Å². The Kier molecular flexibility index (Phi) is 3.67. The van der Waals surface area contributed by atoms with E-state index in [1.54, 1.807) is 0 Å². The SMILES string of the molecule is Cc1c(C(C)(C)C)c[c]c(O)c1CN1CCCC1. The second kappa shape index (κ2) is 4.93. The van der Waals surface area contributed by atoms with E-state index in [0.29, 0.717) is 5.75 Å². The molecule has 0 aliphatic carbocycles. The molecule has 1 radical (unpaired) electrons. The predicted octanol–water partition coefficient (Wildman–Crippen LogP) is 3.39. The van der Waals surface area contributed by atoms with Gasteiger partial charge in [-0.3, -0.25) is 4.90 Å². The fraction of sp³-hybridized carbons (Fsp3) is 0.625. The molecule has 0 saturated carbocycles. The Balaban J connectivity index is 2.33. The van der Waals surface area contributed by atoms with Crippen molar-refractivity contribution in [2.24, 2.45) is 0 Å². The van der Waals surface area contributed by atoms with E-state index in [4.69, 9.17) is 0 Å². The van der Waals surface area contributed by atoms with Crippen LogP contribution in [0.2, 0.25) is 0 Å². The number of hydrogen-bond donors (Lipinski definition) is 1. The van der Waals surface area contributed by atoms with E-state index in [-0.39, 0.29) is 5.41 Å². The van der Waals surface area contributed by atoms with Crippen molar-refractivity contribution in [3.8, 4) is 5.75 Å². The molecule has 0 atom stereocenters. The summed E-state index contributed by atoms with van der Waals surface area (Å²) in [5.41, 5.74) is 3.68. The van der Waals surface area contributed by atoms with Crippen molar-refractivity contribution in [2.45, 2.75) is 52.5 Å². The highest BCUT2D eigenvalue weighted by atomic mass is 16.3. The number of phenols is 1. The molecule has 99 valence electrons. The van der Waals surface area contributed by atoms with Crippen LogP contribution in [0.3, 0.4) is 0 Å². The van der Waals surface area contributed by atoms with Crippen molar-refractivity contribution in [1.82, 2.24) is 4.90 Å². The van der Waals surface area contributed by atoms with Gasteiger partial charge in [-0.15, -0.1) is 0 Å². The molecule has 2 rings (SSSR count). The van der Waals surface area contributed by atoms with Crippen molar-refractivity contribution in [3.63, 3.8) is 0 Å². The molecule has 0 amide bonds. The molecule has 1 aromatic rings. The van der Waals surface area contributed by atoms with Crippen LogP contribution in [-0.4, -0.2) is 23.1 Å². The van der Waals surface area contributed by atoms with Gasteiger partial charge < -0.3 is 5.11 Å². The van der Waals surface area contributed by atoms with E-state index in [0.717, 1.165) is 25.2 Å². The highest BCUT2D eigenvalue weighted by Crippen LogP contribution is 2.32. The Morgan fingerprint density at radius 1 is 1.28 bits per heavy atom. The van der Waals surface area contributed by atoms with Gasteiger partial charge in [0.25, 0.3) is 0 Å². The Labute approximate surface area is 111 Å². The molecule has 1 saturated heterocycles. The number of benzene rings is 1. The second-order valence-corrected chi connectivity index (χ2v) is 6.39. The minimum absolute atomic E-state index is 0.105. The van der Waals surface area contributed by atoms with Crippen LogP contribution in [-0.2, 0) is 12.0 Å². The highest BCUT2D eigenvalue weighted by molar-refractivity contribution is 5.45. The third-order valence-corrected chi connectivity index (χ3v) is 3.88. The topological polar surface area (TPSA) is 23.5 Å². The lowest BCUT2D eigenvalue weighted by atomic mass is 9.82. The number of rotatable bonds is 2. The molecule has 0 aromatic heterocycles. The van der Waals surface area contributed by atoms with Crippen molar-refractivity contribution < 1.29 is 5.11 Å². The molecule has 2 heteroatoms. The van der Waals surface area contributed by atoms with Crippen LogP contribution in [0.4, 0.5) is 0 Å². The first-order valence-electron chi connectivity index (χ1n) is 6.85. The Hall–Kier alpha value is -1.02. The quantitative estimate of drug-likeness (QED) is 0.864. The first kappa shape index (κ1) is 13.4. The Morgan fingerprint density at radius 3 is 2.44 bits per heavy atom. The molecule has 1 aliphatic rings. The summed E-state index contributed by atoms with van der Waals surface area (Å²) in [5.74, 6) is 0.326. The molecular weight excluding hydrogens is 222 g/mol. The van der Waals surface area contributed by atoms with Crippen molar-refractivity contribution in [1.29, 1.82) is 0 Å². The standard InChI is InChI=1S/C16H24NO/c1-12-13(11-17-9-5-6-10-17)15(18)8-7-14(12)16(2,3)4/h7,18H,5-6,9-11H2,1-4H3. The van der Waals surface area contributed by atoms with Crippen LogP contribution in [0.1, 0.15) is 50.3 Å². The molecule has 0 spiro atoms. The van der Waals surface area contributed by atoms with E-state index < -0.39 is 0 Å². The average Bonchev–Trinajstić information content (AvgIpc) is 2.74. The lowest BCUT2D eigenvalue weighted by molar-refractivity contribution is 0.322. The van der Waals surface area contributed by atoms with Crippen LogP contribution >= 0.6 is 0 Å². The van der Waals surface area contributed by atoms with Gasteiger partial charge in [0, 0.05) is 18.2 Å². The summed E-state index contributed by atoms with van der Waals surface area (Å²) in [4.78, 5) is 2.42. The molecule has 2 nitrogen and oxygen atoms in total. The maximum Gasteiger partial charge on any atom is 0.128 e. The zero-order chi connectivity index (χ0) is 13.3. The minimum Gasteiger partial charge on any atom is -0.507 e. The minimum atomic E-state index is 0.105. The fourth-order valence-corrected chi connectivity index (χ4v) is 2.81. The molecule has 1 aromatic carbocycles. The zero-order valence-electron chi connectivity index (χ0n) is 12.0. The molecule has 0 bridgehead atoms. The highest BCUT2D eigenvalue weighted by Gasteiger charge is 2.21. The van der Waals surface area contributed by atoms with Crippen LogP contribution < -0.4 is 0 Å². The Morgan fingerprint density at radius 2 is 1.89 bits per heavy atom. The first-order chi connectivity index (χ1) is 8.39. The summed E-state index contributed by atoms with van der Waals surface area (Å²) >= 11 is 0. The number of hydrogen-bond acceptors (Lipinski definition) is 2. The molecular formula is C16H24NO. The summed E-state index contributed by atoms with van der Waals surface area (Å²) in [6.07, 6.45) is 2.56. The third-order valence-electron chi connectivity index (χ3n) is 3.88. The van der Waals surface area contributed by atoms with Gasteiger partial charge >= 0.3 is 0 Å². The van der Waals surface area contributed by atoms with Gasteiger partial charge in [0.1, 0.15) is 5.75 Å². The van der Waals surface area contributed by atoms with Crippen LogP contribution in [0.15, 0.2) is 6.07 Å². The van der Waals surface area contributed by atoms with E-state index in [1.165, 1.54) is 24.0 Å². The maximum absolute atomic E-state index is 10.1. The monoisotopic (exact) mass is 246 g/mol. The maximum atomic E-state index is 10.1. The summed E-state index contributed by atoms with van der Waals surface area (Å²) in [7, 11) is 0. The van der Waals surface area contributed by atoms with Crippen molar-refractivity contribution >= 4 is 0 Å². The third kappa shape index (κ3) is 2.69. The normalized spacial score (nSPS) is 17.3. The van der Waals surface area contributed by atoms with Crippen LogP contribution in [0, 0.1) is 13.0 Å². The summed E-state index contributed by atoms with van der Waals surface area (Å²) in [5, 5.41) is 10.1. The molecule has 0 unspecified atom stereocenters. The number of nitrogens with zero attached hydrogens (tertiary/aromatic N) is 1. The van der Waals surface area contributed by atoms with Crippen LogP contribution in [0.5, 0.6) is 5.75 Å². The summed E-state index contributed by atoms with van der Waals surface area (Å²) in [6.45, 7) is 11.9. The van der Waals surface area contributed by atoms with E-state index in [1.807, 2.05) is 6.07 Å². The Bertz CT molecular complexity index is 425. The lowest BCUT2D eigenvalue weighted by Crippen LogP contribution is -2.21. The smallest absolute Gasteiger partial charge is 0.128 e. The summed E-state index contributed by atoms with van der Waals surface area (Å²) < 4.78 is 0. The second-order valence-electron chi connectivity index (χ2n) is 6.39. The first-order valence-corrected chi connectivity index (χ1v) is 6.85. The number of phenolic OH excluding ortho intramolecular Hbond substituents is 1. The molecule has 1 heterocycles. The van der Waals surface area contributed by atoms with Gasteiger partial charge in [-0.1, -0.05) is 20.8 Å². The average molecular weight is 246 g/mol. The van der Waals surface area contributed by atoms with Gasteiger partial charge in [-0.25, -0.2) is 0 Å². The van der Waals surface area contributed by atoms with E-state index in [9.17, 15) is 5.11 Å². The van der Waals surface area contributed by atoms with Crippen molar-refractivity contribution in [2.75, 3.05) is 13.1 Å². The van der Waals surface area contributed by atoms with E-state index in [2.05, 4.69) is 38.7 Å². The zero-order valence-corrected chi connectivity index (χ0v) is 12.0. The molecule has 18 heavy (non-hydrogen) atoms. The largest absolute Gasteiger partial charge is 0.507 e. The molecule has 1 aliphatic heterocycles. The fourth-order valence-electron chi connectivity index (χ4n) is 2.81. The molecule has 1 N–H and O–H groups in total. The van der Waals surface area contributed by atoms with Gasteiger partial charge in [-0.2, -0.15) is 0 Å². The van der Waals surface area contributed by atoms with Crippen molar-refractivity contribution in [3.05, 3.63) is 28.8 Å². The van der Waals surface area contributed by atoms with Gasteiger partial charge in [-0.05, 0) is 55.5 Å².